The van der Waals surface area contributed by atoms with Crippen molar-refractivity contribution in [1.29, 1.82) is 0 Å². The minimum absolute atomic E-state index is 0.279. The van der Waals surface area contributed by atoms with Gasteiger partial charge in [0.1, 0.15) is 5.54 Å². The van der Waals surface area contributed by atoms with Crippen molar-refractivity contribution in [3.63, 3.8) is 0 Å². The fraction of sp³-hybridized carbons (Fsp3) is 0.240. The van der Waals surface area contributed by atoms with Crippen LogP contribution in [-0.2, 0) is 16.8 Å². The monoisotopic (exact) mass is 447 g/mol. The number of nitrogens with zero attached hydrogens (tertiary/aromatic N) is 2. The van der Waals surface area contributed by atoms with Crippen molar-refractivity contribution in [3.05, 3.63) is 87.7 Å². The largest absolute Gasteiger partial charge is 0.325 e. The highest BCUT2D eigenvalue weighted by molar-refractivity contribution is 6.30. The van der Waals surface area contributed by atoms with Crippen molar-refractivity contribution in [3.8, 4) is 5.69 Å². The highest BCUT2D eigenvalue weighted by Gasteiger charge is 2.55. The van der Waals surface area contributed by atoms with E-state index in [1.54, 1.807) is 12.1 Å². The Morgan fingerprint density at radius 2 is 1.88 bits per heavy atom. The van der Waals surface area contributed by atoms with E-state index >= 15 is 0 Å². The van der Waals surface area contributed by atoms with Gasteiger partial charge in [-0.25, -0.2) is 4.79 Å². The number of hydrogen-bond donors (Lipinski definition) is 1. The van der Waals surface area contributed by atoms with E-state index in [-0.39, 0.29) is 18.2 Å². The average molecular weight is 448 g/mol. The molecule has 3 aromatic rings. The molecule has 32 heavy (non-hydrogen) atoms. The number of hydrogen-bond acceptors (Lipinski definition) is 3. The second kappa shape index (κ2) is 7.35. The number of fused-ring (bicyclic) bond motifs is 2. The fourth-order valence-corrected chi connectivity index (χ4v) is 5.20. The van der Waals surface area contributed by atoms with Crippen LogP contribution >= 0.6 is 11.6 Å². The molecule has 1 saturated heterocycles. The number of Topliss-reactive ketones (excluding diaryl/α,β-unsaturated/α-hetero) is 1. The van der Waals surface area contributed by atoms with Gasteiger partial charge in [0, 0.05) is 27.7 Å². The van der Waals surface area contributed by atoms with Gasteiger partial charge in [-0.2, -0.15) is 0 Å². The molecule has 2 aromatic carbocycles. The van der Waals surface area contributed by atoms with Gasteiger partial charge in [0.2, 0.25) is 0 Å². The summed E-state index contributed by atoms with van der Waals surface area (Å²) < 4.78 is 1.94. The third-order valence-electron chi connectivity index (χ3n) is 6.52. The van der Waals surface area contributed by atoms with Gasteiger partial charge in [-0.3, -0.25) is 14.5 Å². The number of carbonyl (C=O) groups excluding carboxylic acids is 3. The predicted octanol–water partition coefficient (Wildman–Crippen LogP) is 4.32. The van der Waals surface area contributed by atoms with E-state index in [9.17, 15) is 14.4 Å². The van der Waals surface area contributed by atoms with Crippen LogP contribution in [-0.4, -0.2) is 33.7 Å². The second-order valence-corrected chi connectivity index (χ2v) is 8.84. The molecule has 0 bridgehead atoms. The summed E-state index contributed by atoms with van der Waals surface area (Å²) in [7, 11) is 0. The number of imide groups is 1. The number of halogens is 1. The zero-order chi connectivity index (χ0) is 22.6. The Hall–Kier alpha value is -3.38. The van der Waals surface area contributed by atoms with Crippen LogP contribution in [0.2, 0.25) is 5.02 Å². The lowest BCUT2D eigenvalue weighted by Crippen LogP contribution is -2.42. The summed E-state index contributed by atoms with van der Waals surface area (Å²) in [5.41, 5.74) is 3.76. The van der Waals surface area contributed by atoms with Crippen LogP contribution in [0.3, 0.4) is 0 Å². The lowest BCUT2D eigenvalue weighted by Gasteiger charge is -2.22. The molecule has 0 saturated carbocycles. The van der Waals surface area contributed by atoms with Gasteiger partial charge < -0.3 is 9.88 Å². The van der Waals surface area contributed by atoms with Crippen molar-refractivity contribution in [2.75, 3.05) is 6.54 Å². The Balaban J connectivity index is 1.44. The maximum atomic E-state index is 13.4. The third kappa shape index (κ3) is 2.98. The molecule has 1 N–H and O–H groups in total. The predicted molar refractivity (Wildman–Crippen MR) is 121 cm³/mol. The van der Waals surface area contributed by atoms with Crippen molar-refractivity contribution in [2.45, 2.75) is 32.2 Å². The van der Waals surface area contributed by atoms with Crippen LogP contribution in [0.1, 0.15) is 39.3 Å². The minimum Gasteiger partial charge on any atom is -0.319 e. The van der Waals surface area contributed by atoms with E-state index in [1.165, 1.54) is 0 Å². The van der Waals surface area contributed by atoms with Gasteiger partial charge in [-0.1, -0.05) is 41.9 Å². The smallest absolute Gasteiger partial charge is 0.319 e. The van der Waals surface area contributed by atoms with Gasteiger partial charge in [0.05, 0.1) is 6.54 Å². The number of aromatic nitrogens is 1. The van der Waals surface area contributed by atoms with Crippen LogP contribution in [0.5, 0.6) is 0 Å². The van der Waals surface area contributed by atoms with E-state index < -0.39 is 11.6 Å². The van der Waals surface area contributed by atoms with E-state index in [0.717, 1.165) is 33.1 Å². The Labute approximate surface area is 190 Å². The van der Waals surface area contributed by atoms with Gasteiger partial charge in [-0.15, -0.1) is 0 Å². The van der Waals surface area contributed by atoms with Crippen LogP contribution in [0.15, 0.2) is 54.6 Å². The zero-order valence-corrected chi connectivity index (χ0v) is 18.6. The number of carbonyl (C=O) groups is 3. The number of ketones is 1. The SMILES string of the molecule is Cc1cc(C(=O)CN2C(=O)NC3(CCc4ccccc43)C2=O)c(C)n1-c1cccc(Cl)c1. The van der Waals surface area contributed by atoms with Crippen molar-refractivity contribution < 1.29 is 14.4 Å². The Bertz CT molecular complexity index is 1300. The highest BCUT2D eigenvalue weighted by Crippen LogP contribution is 2.41. The molecule has 1 atom stereocenters. The molecule has 3 amide bonds. The number of amides is 3. The van der Waals surface area contributed by atoms with Gasteiger partial charge in [0.25, 0.3) is 5.91 Å². The number of benzene rings is 2. The van der Waals surface area contributed by atoms with E-state index in [1.807, 2.05) is 60.9 Å². The molecule has 5 rings (SSSR count). The number of nitrogens with one attached hydrogen (secondary N) is 1. The molecule has 1 aliphatic heterocycles. The first-order valence-corrected chi connectivity index (χ1v) is 10.9. The fourth-order valence-electron chi connectivity index (χ4n) is 5.02. The molecule has 1 fully saturated rings. The molecular formula is C25H22ClN3O3. The van der Waals surface area contributed by atoms with Crippen molar-refractivity contribution >= 4 is 29.3 Å². The summed E-state index contributed by atoms with van der Waals surface area (Å²) in [5, 5.41) is 3.47. The van der Waals surface area contributed by atoms with Crippen LogP contribution in [0, 0.1) is 13.8 Å². The van der Waals surface area contributed by atoms with Gasteiger partial charge in [0.15, 0.2) is 5.78 Å². The van der Waals surface area contributed by atoms with Crippen LogP contribution in [0.4, 0.5) is 4.79 Å². The summed E-state index contributed by atoms with van der Waals surface area (Å²) in [6.45, 7) is 3.46. The van der Waals surface area contributed by atoms with Gasteiger partial charge >= 0.3 is 6.03 Å². The molecule has 2 heterocycles. The molecule has 1 unspecified atom stereocenters. The number of urea groups is 1. The number of aryl methyl sites for hydroxylation is 2. The summed E-state index contributed by atoms with van der Waals surface area (Å²) in [6.07, 6.45) is 1.22. The first-order chi connectivity index (χ1) is 15.3. The maximum Gasteiger partial charge on any atom is 0.325 e. The Morgan fingerprint density at radius 3 is 2.66 bits per heavy atom. The van der Waals surface area contributed by atoms with E-state index in [0.29, 0.717) is 23.4 Å². The summed E-state index contributed by atoms with van der Waals surface area (Å²) in [5.74, 6) is -0.636. The molecule has 162 valence electrons. The third-order valence-corrected chi connectivity index (χ3v) is 6.76. The minimum atomic E-state index is -1.06. The second-order valence-electron chi connectivity index (χ2n) is 8.41. The molecule has 6 nitrogen and oxygen atoms in total. The zero-order valence-electron chi connectivity index (χ0n) is 17.8. The first-order valence-electron chi connectivity index (χ1n) is 10.5. The molecule has 1 aromatic heterocycles. The molecular weight excluding hydrogens is 426 g/mol. The Kier molecular flexibility index (Phi) is 4.71. The highest BCUT2D eigenvalue weighted by atomic mass is 35.5. The molecule has 2 aliphatic rings. The summed E-state index contributed by atoms with van der Waals surface area (Å²) in [4.78, 5) is 40.4. The molecule has 1 spiro atoms. The first kappa shape index (κ1) is 20.5. The van der Waals surface area contributed by atoms with Crippen molar-refractivity contribution in [2.24, 2.45) is 0 Å². The quantitative estimate of drug-likeness (QED) is 0.478. The lowest BCUT2D eigenvalue weighted by atomic mass is 9.92. The normalized spacial score (nSPS) is 19.5. The van der Waals surface area contributed by atoms with E-state index in [4.69, 9.17) is 11.6 Å². The molecule has 1 aliphatic carbocycles. The summed E-state index contributed by atoms with van der Waals surface area (Å²) in [6, 6.07) is 16.3. The Morgan fingerprint density at radius 1 is 1.09 bits per heavy atom. The molecule has 7 heteroatoms. The van der Waals surface area contributed by atoms with Crippen LogP contribution in [0.25, 0.3) is 5.69 Å². The lowest BCUT2D eigenvalue weighted by molar-refractivity contribution is -0.131. The maximum absolute atomic E-state index is 13.4. The van der Waals surface area contributed by atoms with E-state index in [2.05, 4.69) is 5.32 Å². The number of rotatable bonds is 4. The van der Waals surface area contributed by atoms with Crippen molar-refractivity contribution in [1.82, 2.24) is 14.8 Å². The molecule has 0 radical (unpaired) electrons. The van der Waals surface area contributed by atoms with Gasteiger partial charge in [-0.05, 0) is 62.1 Å². The standard InChI is InChI=1S/C25H22ClN3O3/c1-15-12-20(16(2)29(15)19-8-5-7-18(26)13-19)22(30)14-28-23(31)25(27-24(28)32)11-10-17-6-3-4-9-21(17)25/h3-9,12-13H,10-11,14H2,1-2H3,(H,27,32). The van der Waals surface area contributed by atoms with Crippen LogP contribution < -0.4 is 5.32 Å². The summed E-state index contributed by atoms with van der Waals surface area (Å²) >= 11 is 6.14. The topological polar surface area (TPSA) is 71.4 Å². The average Bonchev–Trinajstić information content (AvgIpc) is 3.36.